The van der Waals surface area contributed by atoms with Gasteiger partial charge in [-0.15, -0.1) is 0 Å². The smallest absolute Gasteiger partial charge is 0.321 e. The predicted molar refractivity (Wildman–Crippen MR) is 58.3 cm³/mol. The van der Waals surface area contributed by atoms with Crippen LogP contribution in [0.1, 0.15) is 13.8 Å². The third-order valence-corrected chi connectivity index (χ3v) is 2.24. The highest BCUT2D eigenvalue weighted by Gasteiger charge is 2.13. The summed E-state index contributed by atoms with van der Waals surface area (Å²) in [5, 5.41) is 2.32. The molecular formula is C11H14F2N2O. The Morgan fingerprint density at radius 3 is 2.50 bits per heavy atom. The second kappa shape index (κ2) is 5.44. The third kappa shape index (κ3) is 2.68. The van der Waals surface area contributed by atoms with Crippen LogP contribution in [0, 0.1) is 11.6 Å². The molecule has 0 heterocycles. The fourth-order valence-corrected chi connectivity index (χ4v) is 1.31. The number of halogens is 2. The van der Waals surface area contributed by atoms with E-state index in [0.29, 0.717) is 13.1 Å². The Kier molecular flexibility index (Phi) is 4.22. The summed E-state index contributed by atoms with van der Waals surface area (Å²) in [5.41, 5.74) is -0.142. The van der Waals surface area contributed by atoms with Gasteiger partial charge in [-0.05, 0) is 26.0 Å². The average Bonchev–Trinajstić information content (AvgIpc) is 2.26. The molecule has 1 N–H and O–H groups in total. The summed E-state index contributed by atoms with van der Waals surface area (Å²) in [6.07, 6.45) is 0. The van der Waals surface area contributed by atoms with E-state index in [1.165, 1.54) is 17.0 Å². The molecule has 0 bridgehead atoms. The summed E-state index contributed by atoms with van der Waals surface area (Å²) >= 11 is 0. The van der Waals surface area contributed by atoms with Crippen LogP contribution in [0.3, 0.4) is 0 Å². The van der Waals surface area contributed by atoms with Crippen LogP contribution in [0.5, 0.6) is 0 Å². The van der Waals surface area contributed by atoms with E-state index < -0.39 is 17.7 Å². The Labute approximate surface area is 93.1 Å². The largest absolute Gasteiger partial charge is 0.325 e. The summed E-state index contributed by atoms with van der Waals surface area (Å²) in [4.78, 5) is 13.0. The van der Waals surface area contributed by atoms with E-state index in [-0.39, 0.29) is 5.69 Å². The van der Waals surface area contributed by atoms with E-state index in [2.05, 4.69) is 5.32 Å². The van der Waals surface area contributed by atoms with Gasteiger partial charge in [0.1, 0.15) is 0 Å². The van der Waals surface area contributed by atoms with Gasteiger partial charge in [0.2, 0.25) is 0 Å². The Hall–Kier alpha value is -1.65. The lowest BCUT2D eigenvalue weighted by Crippen LogP contribution is -2.34. The van der Waals surface area contributed by atoms with E-state index in [9.17, 15) is 13.6 Å². The van der Waals surface area contributed by atoms with E-state index >= 15 is 0 Å². The van der Waals surface area contributed by atoms with Crippen molar-refractivity contribution in [2.75, 3.05) is 18.4 Å². The van der Waals surface area contributed by atoms with Crippen LogP contribution in [-0.2, 0) is 0 Å². The SMILES string of the molecule is CCN(CC)C(=O)Nc1cccc(F)c1F. The van der Waals surface area contributed by atoms with Crippen LogP contribution in [0.15, 0.2) is 18.2 Å². The van der Waals surface area contributed by atoms with Crippen molar-refractivity contribution in [2.45, 2.75) is 13.8 Å². The number of anilines is 1. The van der Waals surface area contributed by atoms with E-state index in [1.54, 1.807) is 0 Å². The van der Waals surface area contributed by atoms with Gasteiger partial charge >= 0.3 is 6.03 Å². The van der Waals surface area contributed by atoms with Crippen molar-refractivity contribution in [3.8, 4) is 0 Å². The monoisotopic (exact) mass is 228 g/mol. The predicted octanol–water partition coefficient (Wildman–Crippen LogP) is 2.84. The topological polar surface area (TPSA) is 32.3 Å². The minimum atomic E-state index is -1.04. The fraction of sp³-hybridized carbons (Fsp3) is 0.364. The van der Waals surface area contributed by atoms with Crippen molar-refractivity contribution in [3.63, 3.8) is 0 Å². The van der Waals surface area contributed by atoms with Gasteiger partial charge in [-0.3, -0.25) is 0 Å². The summed E-state index contributed by atoms with van der Waals surface area (Å²) < 4.78 is 26.1. The van der Waals surface area contributed by atoms with Gasteiger partial charge in [0, 0.05) is 13.1 Å². The second-order valence-corrected chi connectivity index (χ2v) is 3.20. The maximum atomic E-state index is 13.2. The Morgan fingerprint density at radius 2 is 1.94 bits per heavy atom. The Morgan fingerprint density at radius 1 is 1.31 bits per heavy atom. The van der Waals surface area contributed by atoms with Crippen molar-refractivity contribution in [1.82, 2.24) is 4.90 Å². The highest BCUT2D eigenvalue weighted by Crippen LogP contribution is 2.16. The first-order valence-electron chi connectivity index (χ1n) is 5.10. The molecule has 1 rings (SSSR count). The first kappa shape index (κ1) is 12.4. The molecule has 0 saturated heterocycles. The van der Waals surface area contributed by atoms with Crippen molar-refractivity contribution in [3.05, 3.63) is 29.8 Å². The number of carbonyl (C=O) groups is 1. The number of hydrogen-bond donors (Lipinski definition) is 1. The van der Waals surface area contributed by atoms with E-state index in [0.717, 1.165) is 6.07 Å². The molecule has 1 aromatic rings. The molecule has 0 fully saturated rings. The molecule has 2 amide bonds. The number of amides is 2. The first-order chi connectivity index (χ1) is 7.60. The minimum Gasteiger partial charge on any atom is -0.325 e. The van der Waals surface area contributed by atoms with Crippen LogP contribution in [0.2, 0.25) is 0 Å². The van der Waals surface area contributed by atoms with Gasteiger partial charge in [0.05, 0.1) is 5.69 Å². The number of rotatable bonds is 3. The molecule has 0 unspecified atom stereocenters. The van der Waals surface area contributed by atoms with Crippen molar-refractivity contribution >= 4 is 11.7 Å². The van der Waals surface area contributed by atoms with Crippen LogP contribution < -0.4 is 5.32 Å². The molecule has 0 aliphatic carbocycles. The quantitative estimate of drug-likeness (QED) is 0.847. The number of benzene rings is 1. The lowest BCUT2D eigenvalue weighted by atomic mass is 10.3. The number of hydrogen-bond acceptors (Lipinski definition) is 1. The highest BCUT2D eigenvalue weighted by atomic mass is 19.2. The lowest BCUT2D eigenvalue weighted by Gasteiger charge is -2.19. The molecule has 0 radical (unpaired) electrons. The minimum absolute atomic E-state index is 0.142. The van der Waals surface area contributed by atoms with Gasteiger partial charge in [-0.1, -0.05) is 6.07 Å². The van der Waals surface area contributed by atoms with Gasteiger partial charge < -0.3 is 10.2 Å². The zero-order chi connectivity index (χ0) is 12.1. The maximum absolute atomic E-state index is 13.2. The van der Waals surface area contributed by atoms with Gasteiger partial charge in [0.25, 0.3) is 0 Å². The molecule has 0 aliphatic rings. The zero-order valence-electron chi connectivity index (χ0n) is 9.26. The summed E-state index contributed by atoms with van der Waals surface area (Å²) in [5.74, 6) is -2.01. The molecule has 1 aromatic carbocycles. The second-order valence-electron chi connectivity index (χ2n) is 3.20. The molecular weight excluding hydrogens is 214 g/mol. The van der Waals surface area contributed by atoms with Crippen molar-refractivity contribution in [1.29, 1.82) is 0 Å². The number of urea groups is 1. The normalized spacial score (nSPS) is 10.0. The summed E-state index contributed by atoms with van der Waals surface area (Å²) in [6.45, 7) is 4.65. The lowest BCUT2D eigenvalue weighted by molar-refractivity contribution is 0.217. The summed E-state index contributed by atoms with van der Waals surface area (Å²) in [6, 6.07) is 3.23. The van der Waals surface area contributed by atoms with Gasteiger partial charge in [-0.25, -0.2) is 13.6 Å². The Balaban J connectivity index is 2.80. The molecule has 5 heteroatoms. The molecule has 3 nitrogen and oxygen atoms in total. The maximum Gasteiger partial charge on any atom is 0.321 e. The number of nitrogens with zero attached hydrogens (tertiary/aromatic N) is 1. The number of nitrogens with one attached hydrogen (secondary N) is 1. The molecule has 0 aliphatic heterocycles. The van der Waals surface area contributed by atoms with Crippen LogP contribution in [0.25, 0.3) is 0 Å². The standard InChI is InChI=1S/C11H14F2N2O/c1-3-15(4-2)11(16)14-9-7-5-6-8(12)10(9)13/h5-7H,3-4H2,1-2H3,(H,14,16). The molecule has 0 atom stereocenters. The van der Waals surface area contributed by atoms with Crippen molar-refractivity contribution in [2.24, 2.45) is 0 Å². The highest BCUT2D eigenvalue weighted by molar-refractivity contribution is 5.89. The van der Waals surface area contributed by atoms with E-state index in [4.69, 9.17) is 0 Å². The third-order valence-electron chi connectivity index (χ3n) is 2.24. The van der Waals surface area contributed by atoms with Gasteiger partial charge in [0.15, 0.2) is 11.6 Å². The molecule has 16 heavy (non-hydrogen) atoms. The zero-order valence-corrected chi connectivity index (χ0v) is 9.26. The molecule has 0 aromatic heterocycles. The van der Waals surface area contributed by atoms with Crippen LogP contribution in [0.4, 0.5) is 19.3 Å². The van der Waals surface area contributed by atoms with Crippen LogP contribution in [-0.4, -0.2) is 24.0 Å². The average molecular weight is 228 g/mol. The molecule has 0 spiro atoms. The van der Waals surface area contributed by atoms with Gasteiger partial charge in [-0.2, -0.15) is 0 Å². The van der Waals surface area contributed by atoms with Crippen molar-refractivity contribution < 1.29 is 13.6 Å². The number of carbonyl (C=O) groups excluding carboxylic acids is 1. The fourth-order valence-electron chi connectivity index (χ4n) is 1.31. The summed E-state index contributed by atoms with van der Waals surface area (Å²) in [7, 11) is 0. The molecule has 88 valence electrons. The van der Waals surface area contributed by atoms with E-state index in [1.807, 2.05) is 13.8 Å². The first-order valence-corrected chi connectivity index (χ1v) is 5.10. The Bertz CT molecular complexity index is 378. The molecule has 0 saturated carbocycles. The van der Waals surface area contributed by atoms with Crippen LogP contribution >= 0.6 is 0 Å².